The van der Waals surface area contributed by atoms with Gasteiger partial charge in [0.25, 0.3) is 0 Å². The summed E-state index contributed by atoms with van der Waals surface area (Å²) in [6.45, 7) is 0. The zero-order chi connectivity index (χ0) is 2.71. The Morgan fingerprint density at radius 2 is 0.889 bits per heavy atom. The first-order valence-electron chi connectivity index (χ1n) is 0.383. The SMILES string of the molecule is O.O.O.O.O.O=NO.[Cr]. The van der Waals surface area contributed by atoms with Gasteiger partial charge in [0.05, 0.1) is 0 Å². The molecule has 0 aromatic rings. The third-order valence-corrected chi connectivity index (χ3v) is 0. The first kappa shape index (κ1) is 174. The van der Waals surface area contributed by atoms with E-state index in [1.165, 1.54) is 5.34 Å². The Labute approximate surface area is 61.1 Å². The largest absolute Gasteiger partial charge is 0.412 e. The van der Waals surface area contributed by atoms with Crippen molar-refractivity contribution in [2.24, 2.45) is 5.34 Å². The van der Waals surface area contributed by atoms with Crippen molar-refractivity contribution in [1.82, 2.24) is 0 Å². The van der Waals surface area contributed by atoms with Crippen LogP contribution in [0.3, 0.4) is 0 Å². The minimum atomic E-state index is 0. The van der Waals surface area contributed by atoms with E-state index >= 15 is 0 Å². The van der Waals surface area contributed by atoms with Crippen LogP contribution >= 0.6 is 0 Å². The van der Waals surface area contributed by atoms with Crippen molar-refractivity contribution in [3.63, 3.8) is 0 Å². The Bertz CT molecular complexity index is 16.4. The van der Waals surface area contributed by atoms with Crippen LogP contribution in [0.25, 0.3) is 0 Å². The van der Waals surface area contributed by atoms with E-state index < -0.39 is 0 Å². The molecule has 8 nitrogen and oxygen atoms in total. The second-order valence-corrected chi connectivity index (χ2v) is 0.0816. The van der Waals surface area contributed by atoms with E-state index in [4.69, 9.17) is 10.1 Å². The smallest absolute Gasteiger partial charge is 0.152 e. The summed E-state index contributed by atoms with van der Waals surface area (Å²) < 4.78 is 0. The van der Waals surface area contributed by atoms with E-state index in [-0.39, 0.29) is 44.7 Å². The Morgan fingerprint density at radius 1 is 0.889 bits per heavy atom. The van der Waals surface area contributed by atoms with Gasteiger partial charge >= 0.3 is 0 Å². The van der Waals surface area contributed by atoms with Gasteiger partial charge in [0.15, 0.2) is 5.34 Å². The molecule has 0 aliphatic rings. The molecule has 0 fully saturated rings. The Kier molecular flexibility index (Phi) is 12600. The molecule has 0 heterocycles. The zero-order valence-electron chi connectivity index (χ0n) is 4.21. The van der Waals surface area contributed by atoms with Crippen molar-refractivity contribution in [3.8, 4) is 0 Å². The molecular weight excluding hydrogens is 178 g/mol. The molecule has 0 saturated heterocycles. The molecule has 11 N–H and O–H groups in total. The number of hydrogen-bond acceptors (Lipinski definition) is 2. The average Bonchev–Trinajstić information content (AvgIpc) is 0.918. The van der Waals surface area contributed by atoms with Crippen LogP contribution < -0.4 is 0 Å². The number of rotatable bonds is 0. The van der Waals surface area contributed by atoms with Crippen molar-refractivity contribution >= 4 is 0 Å². The van der Waals surface area contributed by atoms with E-state index in [1.54, 1.807) is 0 Å². The van der Waals surface area contributed by atoms with Crippen LogP contribution in [0.1, 0.15) is 0 Å². The minimum absolute atomic E-state index is 0. The van der Waals surface area contributed by atoms with Gasteiger partial charge in [-0.1, -0.05) is 0 Å². The maximum atomic E-state index is 8.11. The first-order valence-corrected chi connectivity index (χ1v) is 0.383. The molecule has 0 aromatic carbocycles. The molecule has 0 bridgehead atoms. The number of hydrogen-bond donors (Lipinski definition) is 1. The van der Waals surface area contributed by atoms with Crippen LogP contribution in [-0.2, 0) is 17.4 Å². The molecule has 0 spiro atoms. The van der Waals surface area contributed by atoms with Crippen LogP contribution in [0.15, 0.2) is 5.34 Å². The van der Waals surface area contributed by atoms with Crippen LogP contribution in [0.4, 0.5) is 0 Å². The molecule has 0 aromatic heterocycles. The van der Waals surface area contributed by atoms with Gasteiger partial charge in [-0.2, -0.15) is 0 Å². The Balaban J connectivity index is -0.00000000133. The summed E-state index contributed by atoms with van der Waals surface area (Å²) >= 11 is 0. The average molecular weight is 189 g/mol. The fraction of sp³-hybridized carbons (Fsp3) is 0. The quantitative estimate of drug-likeness (QED) is 0.298. The predicted octanol–water partition coefficient (Wildman–Crippen LogP) is -3.98. The van der Waals surface area contributed by atoms with E-state index in [2.05, 4.69) is 0 Å². The molecule has 9 heteroatoms. The summed E-state index contributed by atoms with van der Waals surface area (Å²) in [7, 11) is 0. The van der Waals surface area contributed by atoms with Gasteiger partial charge in [-0.05, 0) is 0 Å². The second kappa shape index (κ2) is 653. The fourth-order valence-electron chi connectivity index (χ4n) is 0. The third-order valence-electron chi connectivity index (χ3n) is 0. The van der Waals surface area contributed by atoms with Crippen LogP contribution in [0.5, 0.6) is 0 Å². The summed E-state index contributed by atoms with van der Waals surface area (Å²) in [4.78, 5) is 8.11. The number of nitrogens with zero attached hydrogens (tertiary/aromatic N) is 1. The van der Waals surface area contributed by atoms with Crippen molar-refractivity contribution in [3.05, 3.63) is 4.91 Å². The summed E-state index contributed by atoms with van der Waals surface area (Å²) in [5, 5.41) is 7.89. The molecular formula is H11CrNO7. The van der Waals surface area contributed by atoms with Crippen LogP contribution in [0, 0.1) is 4.91 Å². The van der Waals surface area contributed by atoms with Gasteiger partial charge in [0, 0.05) is 17.4 Å². The first-order chi connectivity index (χ1) is 1.41. The monoisotopic (exact) mass is 189 g/mol. The minimum Gasteiger partial charge on any atom is -0.412 e. The van der Waals surface area contributed by atoms with Crippen molar-refractivity contribution in [2.45, 2.75) is 0 Å². The van der Waals surface area contributed by atoms with Gasteiger partial charge in [0.1, 0.15) is 0 Å². The van der Waals surface area contributed by atoms with Crippen molar-refractivity contribution < 1.29 is 49.9 Å². The van der Waals surface area contributed by atoms with Crippen molar-refractivity contribution in [2.75, 3.05) is 0 Å². The summed E-state index contributed by atoms with van der Waals surface area (Å²) in [6.07, 6.45) is 0. The van der Waals surface area contributed by atoms with Gasteiger partial charge in [-0.15, -0.1) is 4.91 Å². The van der Waals surface area contributed by atoms with Gasteiger partial charge in [-0.3, -0.25) is 0 Å². The summed E-state index contributed by atoms with van der Waals surface area (Å²) in [5.41, 5.74) is 0. The maximum absolute atomic E-state index is 8.11. The molecule has 0 saturated carbocycles. The van der Waals surface area contributed by atoms with Crippen LogP contribution in [0.2, 0.25) is 0 Å². The molecule has 0 amide bonds. The Hall–Kier alpha value is -0.268. The summed E-state index contributed by atoms with van der Waals surface area (Å²) in [5.74, 6) is 0. The predicted molar refractivity (Wildman–Crippen MR) is 25.7 cm³/mol. The molecule has 0 aliphatic heterocycles. The van der Waals surface area contributed by atoms with E-state index in [1.807, 2.05) is 0 Å². The third kappa shape index (κ3) is 3550. The van der Waals surface area contributed by atoms with Crippen LogP contribution in [-0.4, -0.2) is 32.6 Å². The zero-order valence-corrected chi connectivity index (χ0v) is 5.49. The molecule has 0 atom stereocenters. The van der Waals surface area contributed by atoms with Gasteiger partial charge in [-0.25, -0.2) is 0 Å². The topological polar surface area (TPSA) is 207 Å². The molecule has 64 valence electrons. The molecule has 0 aliphatic carbocycles. The second-order valence-electron chi connectivity index (χ2n) is 0.0816. The summed E-state index contributed by atoms with van der Waals surface area (Å²) in [6, 6.07) is 0. The van der Waals surface area contributed by atoms with E-state index in [0.29, 0.717) is 0 Å². The van der Waals surface area contributed by atoms with Crippen molar-refractivity contribution in [1.29, 1.82) is 0 Å². The normalized spacial score (nSPS) is 1.33. The van der Waals surface area contributed by atoms with E-state index in [0.717, 1.165) is 0 Å². The maximum Gasteiger partial charge on any atom is 0.152 e. The molecule has 0 radical (unpaired) electrons. The molecule has 0 rings (SSSR count). The molecule has 9 heavy (non-hydrogen) atoms. The fourth-order valence-corrected chi connectivity index (χ4v) is 0. The van der Waals surface area contributed by atoms with Gasteiger partial charge < -0.3 is 32.6 Å². The van der Waals surface area contributed by atoms with E-state index in [9.17, 15) is 0 Å². The molecule has 0 unspecified atom stereocenters. The standard InChI is InChI=1S/Cr.HNO2.5H2O/c;2-1-3;;;;;/h;(H,2,3);5*1H2. The van der Waals surface area contributed by atoms with Gasteiger partial charge in [0.2, 0.25) is 0 Å². The Morgan fingerprint density at radius 3 is 0.889 bits per heavy atom.